The summed E-state index contributed by atoms with van der Waals surface area (Å²) in [5.74, 6) is 1.09. The lowest BCUT2D eigenvalue weighted by atomic mass is 10.4. The lowest BCUT2D eigenvalue weighted by Gasteiger charge is -2.03. The Bertz CT molecular complexity index is 382. The van der Waals surface area contributed by atoms with E-state index in [1.165, 1.54) is 0 Å². The van der Waals surface area contributed by atoms with Crippen LogP contribution in [-0.2, 0) is 4.74 Å². The lowest BCUT2D eigenvalue weighted by Crippen LogP contribution is -1.92. The van der Waals surface area contributed by atoms with E-state index < -0.39 is 0 Å². The van der Waals surface area contributed by atoms with Gasteiger partial charge >= 0.3 is 0 Å². The first kappa shape index (κ1) is 8.62. The van der Waals surface area contributed by atoms with Gasteiger partial charge in [-0.2, -0.15) is 0 Å². The van der Waals surface area contributed by atoms with Crippen molar-refractivity contribution in [2.45, 2.75) is 0 Å². The molecule has 2 heterocycles. The van der Waals surface area contributed by atoms with Gasteiger partial charge in [0, 0.05) is 12.3 Å². The molecule has 2 rings (SSSR count). The number of nitrogens with zero attached hydrogens (tertiary/aromatic N) is 3. The minimum Gasteiger partial charge on any atom is -0.472 e. The van der Waals surface area contributed by atoms with Gasteiger partial charge in [0.1, 0.15) is 6.61 Å². The SMILES string of the molecule is C1=CCOC(N=Nc2ccccn2)=C1. The predicted molar refractivity (Wildman–Crippen MR) is 51.9 cm³/mol. The lowest BCUT2D eigenvalue weighted by molar-refractivity contribution is 0.238. The van der Waals surface area contributed by atoms with Gasteiger partial charge in [-0.15, -0.1) is 10.2 Å². The monoisotopic (exact) mass is 187 g/mol. The second-order valence-corrected chi connectivity index (χ2v) is 2.63. The molecule has 0 unspecified atom stereocenters. The number of hydrogen-bond acceptors (Lipinski definition) is 4. The first-order valence-electron chi connectivity index (χ1n) is 4.27. The number of ether oxygens (including phenoxy) is 1. The average molecular weight is 187 g/mol. The minimum atomic E-state index is 0.512. The summed E-state index contributed by atoms with van der Waals surface area (Å²) in [5.41, 5.74) is 0. The van der Waals surface area contributed by atoms with Gasteiger partial charge in [-0.05, 0) is 18.2 Å². The summed E-state index contributed by atoms with van der Waals surface area (Å²) < 4.78 is 5.19. The second-order valence-electron chi connectivity index (χ2n) is 2.63. The van der Waals surface area contributed by atoms with Crippen LogP contribution in [0.5, 0.6) is 0 Å². The van der Waals surface area contributed by atoms with E-state index in [9.17, 15) is 0 Å². The maximum absolute atomic E-state index is 5.19. The van der Waals surface area contributed by atoms with Gasteiger partial charge in [-0.1, -0.05) is 12.1 Å². The van der Waals surface area contributed by atoms with Crippen molar-refractivity contribution >= 4 is 5.82 Å². The summed E-state index contributed by atoms with van der Waals surface area (Å²) in [6.07, 6.45) is 7.22. The third-order valence-electron chi connectivity index (χ3n) is 1.60. The highest BCUT2D eigenvalue weighted by Crippen LogP contribution is 2.11. The first-order chi connectivity index (χ1) is 6.95. The van der Waals surface area contributed by atoms with Crippen LogP contribution in [0.15, 0.2) is 58.7 Å². The highest BCUT2D eigenvalue weighted by atomic mass is 16.5. The van der Waals surface area contributed by atoms with Gasteiger partial charge in [0.25, 0.3) is 0 Å². The van der Waals surface area contributed by atoms with Crippen molar-refractivity contribution in [1.29, 1.82) is 0 Å². The molecule has 1 aliphatic rings. The van der Waals surface area contributed by atoms with E-state index >= 15 is 0 Å². The number of azo groups is 1. The third-order valence-corrected chi connectivity index (χ3v) is 1.60. The summed E-state index contributed by atoms with van der Waals surface area (Å²) in [6.45, 7) is 0.549. The standard InChI is InChI=1S/C10H9N3O/c1-3-7-11-9(5-1)12-13-10-6-2-4-8-14-10/h1-7H,8H2. The number of aromatic nitrogens is 1. The van der Waals surface area contributed by atoms with Crippen LogP contribution < -0.4 is 0 Å². The highest BCUT2D eigenvalue weighted by molar-refractivity contribution is 5.24. The second kappa shape index (κ2) is 4.32. The molecule has 0 atom stereocenters. The van der Waals surface area contributed by atoms with E-state index in [2.05, 4.69) is 15.2 Å². The Morgan fingerprint density at radius 2 is 2.29 bits per heavy atom. The van der Waals surface area contributed by atoms with Crippen LogP contribution in [0.2, 0.25) is 0 Å². The Morgan fingerprint density at radius 3 is 3.00 bits per heavy atom. The fourth-order valence-corrected chi connectivity index (χ4v) is 0.963. The molecule has 1 aromatic rings. The quantitative estimate of drug-likeness (QED) is 0.668. The molecule has 70 valence electrons. The van der Waals surface area contributed by atoms with E-state index in [-0.39, 0.29) is 0 Å². The van der Waals surface area contributed by atoms with Crippen LogP contribution in [0.3, 0.4) is 0 Å². The molecule has 14 heavy (non-hydrogen) atoms. The Balaban J connectivity index is 2.07. The normalized spacial score (nSPS) is 15.3. The molecule has 4 heteroatoms. The van der Waals surface area contributed by atoms with Gasteiger partial charge < -0.3 is 4.74 Å². The predicted octanol–water partition coefficient (Wildman–Crippen LogP) is 2.59. The van der Waals surface area contributed by atoms with E-state index in [1.54, 1.807) is 18.3 Å². The van der Waals surface area contributed by atoms with Crippen molar-refractivity contribution in [2.24, 2.45) is 10.2 Å². The van der Waals surface area contributed by atoms with Gasteiger partial charge in [-0.25, -0.2) is 4.98 Å². The number of hydrogen-bond donors (Lipinski definition) is 0. The minimum absolute atomic E-state index is 0.512. The van der Waals surface area contributed by atoms with Gasteiger partial charge in [0.05, 0.1) is 0 Å². The number of rotatable bonds is 2. The maximum atomic E-state index is 5.19. The first-order valence-corrected chi connectivity index (χ1v) is 4.27. The summed E-state index contributed by atoms with van der Waals surface area (Å²) in [7, 11) is 0. The van der Waals surface area contributed by atoms with Gasteiger partial charge in [0.15, 0.2) is 5.82 Å². The maximum Gasteiger partial charge on any atom is 0.233 e. The molecular formula is C10H9N3O. The van der Waals surface area contributed by atoms with Crippen molar-refractivity contribution in [3.8, 4) is 0 Å². The smallest absolute Gasteiger partial charge is 0.233 e. The molecule has 0 aromatic carbocycles. The summed E-state index contributed by atoms with van der Waals surface area (Å²) in [5, 5.41) is 7.82. The van der Waals surface area contributed by atoms with Crippen LogP contribution in [0.1, 0.15) is 0 Å². The Hall–Kier alpha value is -1.97. The molecule has 0 aliphatic carbocycles. The van der Waals surface area contributed by atoms with Crippen molar-refractivity contribution < 1.29 is 4.74 Å². The Morgan fingerprint density at radius 1 is 1.29 bits per heavy atom. The molecule has 0 N–H and O–H groups in total. The Labute approximate surface area is 81.7 Å². The van der Waals surface area contributed by atoms with Crippen molar-refractivity contribution in [2.75, 3.05) is 6.61 Å². The van der Waals surface area contributed by atoms with Crippen LogP contribution in [0, 0.1) is 0 Å². The molecule has 0 fully saturated rings. The zero-order valence-electron chi connectivity index (χ0n) is 7.50. The van der Waals surface area contributed by atoms with E-state index in [4.69, 9.17) is 4.74 Å². The zero-order chi connectivity index (χ0) is 9.64. The molecule has 0 bridgehead atoms. The highest BCUT2D eigenvalue weighted by Gasteiger charge is 1.96. The van der Waals surface area contributed by atoms with Crippen LogP contribution >= 0.6 is 0 Å². The summed E-state index contributed by atoms with van der Waals surface area (Å²) in [4.78, 5) is 4.00. The van der Waals surface area contributed by atoms with Crippen molar-refractivity contribution in [3.63, 3.8) is 0 Å². The Kier molecular flexibility index (Phi) is 2.66. The molecule has 0 spiro atoms. The largest absolute Gasteiger partial charge is 0.472 e. The van der Waals surface area contributed by atoms with Gasteiger partial charge in [-0.3, -0.25) is 0 Å². The molecular weight excluding hydrogens is 178 g/mol. The third kappa shape index (κ3) is 2.26. The van der Waals surface area contributed by atoms with E-state index in [1.807, 2.05) is 24.3 Å². The summed E-state index contributed by atoms with van der Waals surface area (Å²) in [6, 6.07) is 5.47. The zero-order valence-corrected chi connectivity index (χ0v) is 7.50. The van der Waals surface area contributed by atoms with Crippen molar-refractivity contribution in [3.05, 3.63) is 48.5 Å². The van der Waals surface area contributed by atoms with Crippen LogP contribution in [0.4, 0.5) is 5.82 Å². The summed E-state index contributed by atoms with van der Waals surface area (Å²) >= 11 is 0. The molecule has 1 aliphatic heterocycles. The van der Waals surface area contributed by atoms with E-state index in [0.29, 0.717) is 18.3 Å². The molecule has 4 nitrogen and oxygen atoms in total. The fraction of sp³-hybridized carbons (Fsp3) is 0.100. The molecule has 0 radical (unpaired) electrons. The fourth-order valence-electron chi connectivity index (χ4n) is 0.963. The molecule has 0 saturated heterocycles. The number of allylic oxidation sites excluding steroid dienone is 2. The van der Waals surface area contributed by atoms with Crippen LogP contribution in [0.25, 0.3) is 0 Å². The molecule has 1 aromatic heterocycles. The van der Waals surface area contributed by atoms with Crippen LogP contribution in [-0.4, -0.2) is 11.6 Å². The average Bonchev–Trinajstić information content (AvgIpc) is 2.29. The van der Waals surface area contributed by atoms with Crippen molar-refractivity contribution in [1.82, 2.24) is 4.98 Å². The number of pyridine rings is 1. The van der Waals surface area contributed by atoms with E-state index in [0.717, 1.165) is 0 Å². The van der Waals surface area contributed by atoms with Gasteiger partial charge in [0.2, 0.25) is 5.88 Å². The molecule has 0 saturated carbocycles. The molecule has 0 amide bonds. The topological polar surface area (TPSA) is 46.8 Å².